The van der Waals surface area contributed by atoms with Crippen molar-refractivity contribution < 1.29 is 37.7 Å². The molecule has 0 N–H and O–H groups in total. The zero-order valence-electron chi connectivity index (χ0n) is 11.1. The van der Waals surface area contributed by atoms with Crippen LogP contribution in [0.1, 0.15) is 18.1 Å². The van der Waals surface area contributed by atoms with Crippen LogP contribution in [0.2, 0.25) is 0 Å². The molecule has 2 aromatic rings. The Morgan fingerprint density at radius 1 is 1.16 bits per heavy atom. The summed E-state index contributed by atoms with van der Waals surface area (Å²) in [7, 11) is 0. The van der Waals surface area contributed by atoms with E-state index in [1.54, 1.807) is 6.07 Å². The first-order valence-corrected chi connectivity index (χ1v) is 6.06. The first-order valence-electron chi connectivity index (χ1n) is 6.06. The van der Waals surface area contributed by atoms with Gasteiger partial charge in [-0.15, -0.1) is 0 Å². The monoisotopic (exact) mass is 373 g/mol. The van der Waals surface area contributed by atoms with Crippen molar-refractivity contribution in [1.82, 2.24) is 0 Å². The normalized spacial score (nSPS) is 9.84. The van der Waals surface area contributed by atoms with Crippen LogP contribution in [-0.2, 0) is 13.2 Å². The Labute approximate surface area is 130 Å². The maximum Gasteiger partial charge on any atom is 0.169 e. The minimum Gasteiger partial charge on any atom is -1.00 e. The van der Waals surface area contributed by atoms with Crippen LogP contribution in [0.4, 0.5) is 4.39 Å². The van der Waals surface area contributed by atoms with Gasteiger partial charge in [0, 0.05) is 17.7 Å². The average molecular weight is 373 g/mol. The quantitative estimate of drug-likeness (QED) is 0.545. The van der Waals surface area contributed by atoms with Gasteiger partial charge in [0.05, 0.1) is 0 Å². The summed E-state index contributed by atoms with van der Waals surface area (Å²) in [6.07, 6.45) is 3.98. The smallest absolute Gasteiger partial charge is 0.169 e. The van der Waals surface area contributed by atoms with Crippen molar-refractivity contribution in [3.05, 3.63) is 59.7 Å². The van der Waals surface area contributed by atoms with Crippen LogP contribution in [0.5, 0.6) is 5.75 Å². The van der Waals surface area contributed by atoms with Gasteiger partial charge in [-0.05, 0) is 31.5 Å². The number of hydrogen-bond donors (Lipinski definition) is 0. The molecule has 1 heterocycles. The first kappa shape index (κ1) is 15.9. The molecule has 4 heteroatoms. The van der Waals surface area contributed by atoms with E-state index in [4.69, 9.17) is 4.74 Å². The minimum atomic E-state index is -0.311. The lowest BCUT2D eigenvalue weighted by molar-refractivity contribution is -0.693. The van der Waals surface area contributed by atoms with Gasteiger partial charge in [-0.2, -0.15) is 0 Å². The number of aromatic nitrogens is 1. The van der Waals surface area contributed by atoms with E-state index in [-0.39, 0.29) is 29.8 Å². The lowest BCUT2D eigenvalue weighted by Gasteiger charge is -2.07. The van der Waals surface area contributed by atoms with Crippen molar-refractivity contribution in [1.29, 1.82) is 0 Å². The zero-order chi connectivity index (χ0) is 13.0. The largest absolute Gasteiger partial charge is 1.00 e. The van der Waals surface area contributed by atoms with Crippen LogP contribution < -0.4 is 33.3 Å². The van der Waals surface area contributed by atoms with E-state index in [2.05, 4.69) is 11.5 Å². The third kappa shape index (κ3) is 4.45. The molecule has 0 aliphatic carbocycles. The highest BCUT2D eigenvalue weighted by atomic mass is 127. The molecule has 1 aromatic heterocycles. The van der Waals surface area contributed by atoms with Crippen LogP contribution in [0, 0.1) is 12.7 Å². The van der Waals surface area contributed by atoms with Gasteiger partial charge in [-0.3, -0.25) is 0 Å². The van der Waals surface area contributed by atoms with E-state index >= 15 is 0 Å². The number of hydrogen-bond acceptors (Lipinski definition) is 1. The maximum atomic E-state index is 13.5. The molecule has 0 aliphatic heterocycles. The molecule has 0 bridgehead atoms. The number of benzene rings is 1. The van der Waals surface area contributed by atoms with Gasteiger partial charge in [-0.1, -0.05) is 6.07 Å². The number of aryl methyl sites for hydroxylation is 2. The molecule has 0 saturated carbocycles. The Kier molecular flexibility index (Phi) is 6.21. The summed E-state index contributed by atoms with van der Waals surface area (Å²) in [6, 6.07) is 8.95. The van der Waals surface area contributed by atoms with Gasteiger partial charge in [0.15, 0.2) is 24.0 Å². The van der Waals surface area contributed by atoms with Crippen molar-refractivity contribution >= 4 is 0 Å². The van der Waals surface area contributed by atoms with Crippen LogP contribution in [0.3, 0.4) is 0 Å². The summed E-state index contributed by atoms with van der Waals surface area (Å²) in [6.45, 7) is 5.25. The zero-order valence-corrected chi connectivity index (χ0v) is 13.2. The highest BCUT2D eigenvalue weighted by Crippen LogP contribution is 2.18. The Morgan fingerprint density at radius 2 is 1.84 bits per heavy atom. The van der Waals surface area contributed by atoms with Crippen molar-refractivity contribution in [2.24, 2.45) is 0 Å². The summed E-state index contributed by atoms with van der Waals surface area (Å²) in [5.74, 6) is -0.0117. The summed E-state index contributed by atoms with van der Waals surface area (Å²) >= 11 is 0. The summed E-state index contributed by atoms with van der Waals surface area (Å²) in [5, 5.41) is 0. The van der Waals surface area contributed by atoms with Crippen molar-refractivity contribution in [2.45, 2.75) is 27.0 Å². The van der Waals surface area contributed by atoms with Gasteiger partial charge in [0.2, 0.25) is 0 Å². The SMILES string of the molecule is CC[n+]1ccc(COc2ccc(C)cc2F)cc1.[I-]. The molecule has 0 spiro atoms. The van der Waals surface area contributed by atoms with E-state index in [9.17, 15) is 4.39 Å². The highest BCUT2D eigenvalue weighted by Gasteiger charge is 2.04. The van der Waals surface area contributed by atoms with Gasteiger partial charge in [0.25, 0.3) is 0 Å². The van der Waals surface area contributed by atoms with E-state index < -0.39 is 0 Å². The minimum absolute atomic E-state index is 0. The lowest BCUT2D eigenvalue weighted by atomic mass is 10.2. The Morgan fingerprint density at radius 3 is 2.42 bits per heavy atom. The van der Waals surface area contributed by atoms with Gasteiger partial charge in [-0.25, -0.2) is 8.96 Å². The first-order chi connectivity index (χ1) is 8.69. The standard InChI is InChI=1S/C15H17FNO.HI/c1-3-17-8-6-13(7-9-17)11-18-15-5-4-12(2)10-14(15)16;/h4-10H,3,11H2,1-2H3;1H/q+1;/p-1. The van der Waals surface area contributed by atoms with E-state index in [0.717, 1.165) is 17.7 Å². The average Bonchev–Trinajstić information content (AvgIpc) is 2.38. The molecule has 19 heavy (non-hydrogen) atoms. The molecule has 0 atom stereocenters. The number of halogens is 2. The predicted molar refractivity (Wildman–Crippen MR) is 67.8 cm³/mol. The fraction of sp³-hybridized carbons (Fsp3) is 0.267. The number of pyridine rings is 1. The molecule has 0 unspecified atom stereocenters. The summed E-state index contributed by atoms with van der Waals surface area (Å²) < 4.78 is 21.1. The maximum absolute atomic E-state index is 13.5. The molecule has 0 fully saturated rings. The Hall–Kier alpha value is -1.17. The molecule has 102 valence electrons. The fourth-order valence-corrected chi connectivity index (χ4v) is 1.68. The Balaban J connectivity index is 0.00000180. The van der Waals surface area contributed by atoms with Crippen LogP contribution in [0.15, 0.2) is 42.7 Å². The molecular weight excluding hydrogens is 356 g/mol. The molecule has 0 amide bonds. The van der Waals surface area contributed by atoms with Crippen molar-refractivity contribution in [3.8, 4) is 5.75 Å². The second-order valence-corrected chi connectivity index (χ2v) is 4.26. The Bertz CT molecular complexity index is 528. The summed E-state index contributed by atoms with van der Waals surface area (Å²) in [4.78, 5) is 0. The molecule has 0 aliphatic rings. The molecule has 2 nitrogen and oxygen atoms in total. The number of rotatable bonds is 4. The second kappa shape index (κ2) is 7.43. The molecule has 0 radical (unpaired) electrons. The van der Waals surface area contributed by atoms with Gasteiger partial charge >= 0.3 is 0 Å². The molecular formula is C15H17FINO. The van der Waals surface area contributed by atoms with Crippen LogP contribution in [-0.4, -0.2) is 0 Å². The molecule has 1 aromatic carbocycles. The third-order valence-electron chi connectivity index (χ3n) is 2.81. The lowest BCUT2D eigenvalue weighted by Crippen LogP contribution is -3.00. The highest BCUT2D eigenvalue weighted by molar-refractivity contribution is 5.28. The molecule has 0 saturated heterocycles. The van der Waals surface area contributed by atoms with Gasteiger partial charge < -0.3 is 28.7 Å². The van der Waals surface area contributed by atoms with Crippen molar-refractivity contribution in [3.63, 3.8) is 0 Å². The topological polar surface area (TPSA) is 13.1 Å². The predicted octanol–water partition coefficient (Wildman–Crippen LogP) is 0.0245. The summed E-state index contributed by atoms with van der Waals surface area (Å²) in [5.41, 5.74) is 1.92. The molecule has 2 rings (SSSR count). The fourth-order valence-electron chi connectivity index (χ4n) is 1.68. The van der Waals surface area contributed by atoms with Gasteiger partial charge in [0.1, 0.15) is 13.2 Å². The van der Waals surface area contributed by atoms with Crippen LogP contribution >= 0.6 is 0 Å². The second-order valence-electron chi connectivity index (χ2n) is 4.26. The third-order valence-corrected chi connectivity index (χ3v) is 2.81. The number of nitrogens with zero attached hydrogens (tertiary/aromatic N) is 1. The van der Waals surface area contributed by atoms with E-state index in [1.807, 2.05) is 37.5 Å². The van der Waals surface area contributed by atoms with Crippen molar-refractivity contribution in [2.75, 3.05) is 0 Å². The van der Waals surface area contributed by atoms with E-state index in [1.165, 1.54) is 6.07 Å². The van der Waals surface area contributed by atoms with Crippen LogP contribution in [0.25, 0.3) is 0 Å². The van der Waals surface area contributed by atoms with E-state index in [0.29, 0.717) is 12.4 Å². The number of ether oxygens (including phenoxy) is 1.